The third-order valence-electron chi connectivity index (χ3n) is 10.00. The number of Topliss-reactive ketones (excluding diaryl/α,β-unsaturated/α-hetero) is 1. The average Bonchev–Trinajstić information content (AvgIpc) is 4.06. The molecule has 10 heteroatoms. The zero-order valence-corrected chi connectivity index (χ0v) is 31.8. The van der Waals surface area contributed by atoms with Crippen molar-refractivity contribution in [1.29, 1.82) is 0 Å². The van der Waals surface area contributed by atoms with Gasteiger partial charge < -0.3 is 26.6 Å². The predicted molar refractivity (Wildman–Crippen MR) is 204 cm³/mol. The molecule has 2 aromatic carbocycles. The second-order valence-corrected chi connectivity index (χ2v) is 16.0. The van der Waals surface area contributed by atoms with Crippen LogP contribution in [-0.4, -0.2) is 66.2 Å². The van der Waals surface area contributed by atoms with E-state index in [2.05, 4.69) is 26.6 Å². The van der Waals surface area contributed by atoms with Crippen molar-refractivity contribution in [3.8, 4) is 0 Å². The Kier molecular flexibility index (Phi) is 15.4. The molecule has 0 aliphatic heterocycles. The maximum absolute atomic E-state index is 14.1. The molecule has 0 aromatic heterocycles. The first kappa shape index (κ1) is 40.7. The SMILES string of the molecule is CC(C)C[C@H](NC(=O)[C@H](CCc1ccccc1)NC(=O)CCCNC1CC1)C(=O)N[C@@H](Cc1ccccc1)C(=O)N[C@@H](CC(C)C)C(=O)C1(C)CC1. The highest BCUT2D eigenvalue weighted by Gasteiger charge is 2.48. The Labute approximate surface area is 310 Å². The van der Waals surface area contributed by atoms with Crippen LogP contribution in [0.2, 0.25) is 0 Å². The number of aryl methyl sites for hydroxylation is 1. The van der Waals surface area contributed by atoms with Crippen molar-refractivity contribution < 1.29 is 24.0 Å². The molecule has 0 saturated heterocycles. The lowest BCUT2D eigenvalue weighted by molar-refractivity contribution is -0.135. The van der Waals surface area contributed by atoms with Crippen molar-refractivity contribution >= 4 is 29.4 Å². The van der Waals surface area contributed by atoms with E-state index in [1.54, 1.807) is 0 Å². The van der Waals surface area contributed by atoms with Crippen LogP contribution in [0, 0.1) is 17.3 Å². The number of ketones is 1. The van der Waals surface area contributed by atoms with E-state index in [-0.39, 0.29) is 29.9 Å². The summed E-state index contributed by atoms with van der Waals surface area (Å²) in [6.07, 6.45) is 6.90. The topological polar surface area (TPSA) is 146 Å². The summed E-state index contributed by atoms with van der Waals surface area (Å²) < 4.78 is 0. The Hall–Kier alpha value is -4.05. The Balaban J connectivity index is 1.48. The monoisotopic (exact) mass is 715 g/mol. The van der Waals surface area contributed by atoms with Crippen LogP contribution in [0.25, 0.3) is 0 Å². The molecule has 284 valence electrons. The zero-order chi connectivity index (χ0) is 37.7. The number of benzene rings is 2. The molecule has 4 atom stereocenters. The van der Waals surface area contributed by atoms with Gasteiger partial charge in [0.25, 0.3) is 0 Å². The molecule has 2 aliphatic rings. The number of hydrogen-bond donors (Lipinski definition) is 5. The molecule has 0 unspecified atom stereocenters. The van der Waals surface area contributed by atoms with Crippen molar-refractivity contribution in [3.63, 3.8) is 0 Å². The van der Waals surface area contributed by atoms with Gasteiger partial charge in [-0.1, -0.05) is 95.3 Å². The fraction of sp³-hybridized carbons (Fsp3) is 0.595. The zero-order valence-electron chi connectivity index (χ0n) is 31.8. The summed E-state index contributed by atoms with van der Waals surface area (Å²) >= 11 is 0. The third-order valence-corrected chi connectivity index (χ3v) is 10.00. The fourth-order valence-electron chi connectivity index (χ4n) is 6.47. The molecule has 0 radical (unpaired) electrons. The number of amides is 4. The Morgan fingerprint density at radius 2 is 1.19 bits per heavy atom. The van der Waals surface area contributed by atoms with Gasteiger partial charge in [0.05, 0.1) is 6.04 Å². The maximum Gasteiger partial charge on any atom is 0.243 e. The van der Waals surface area contributed by atoms with Crippen molar-refractivity contribution in [2.45, 2.75) is 135 Å². The van der Waals surface area contributed by atoms with Crippen LogP contribution in [0.4, 0.5) is 0 Å². The summed E-state index contributed by atoms with van der Waals surface area (Å²) in [7, 11) is 0. The predicted octanol–water partition coefficient (Wildman–Crippen LogP) is 4.79. The minimum Gasteiger partial charge on any atom is -0.344 e. The van der Waals surface area contributed by atoms with Crippen LogP contribution in [-0.2, 0) is 36.8 Å². The van der Waals surface area contributed by atoms with Crippen LogP contribution in [0.5, 0.6) is 0 Å². The molecule has 0 spiro atoms. The number of carbonyl (C=O) groups is 5. The summed E-state index contributed by atoms with van der Waals surface area (Å²) in [6, 6.07) is 16.3. The van der Waals surface area contributed by atoms with E-state index in [0.717, 1.165) is 30.5 Å². The first-order chi connectivity index (χ1) is 24.8. The van der Waals surface area contributed by atoms with Gasteiger partial charge in [-0.05, 0) is 87.3 Å². The fourth-order valence-corrected chi connectivity index (χ4v) is 6.47. The molecule has 0 bridgehead atoms. The highest BCUT2D eigenvalue weighted by molar-refractivity contribution is 5.97. The van der Waals surface area contributed by atoms with E-state index in [0.29, 0.717) is 44.6 Å². The van der Waals surface area contributed by atoms with Gasteiger partial charge in [0, 0.05) is 24.3 Å². The quantitative estimate of drug-likeness (QED) is 0.105. The van der Waals surface area contributed by atoms with E-state index >= 15 is 0 Å². The lowest BCUT2D eigenvalue weighted by atomic mass is 9.91. The lowest BCUT2D eigenvalue weighted by Gasteiger charge is -2.28. The highest BCUT2D eigenvalue weighted by atomic mass is 16.2. The molecule has 2 saturated carbocycles. The molecule has 2 aliphatic carbocycles. The molecule has 2 aromatic rings. The molecule has 2 fully saturated rings. The highest BCUT2D eigenvalue weighted by Crippen LogP contribution is 2.47. The van der Waals surface area contributed by atoms with Crippen LogP contribution in [0.1, 0.15) is 104 Å². The summed E-state index contributed by atoms with van der Waals surface area (Å²) in [5, 5.41) is 15.2. The van der Waals surface area contributed by atoms with Gasteiger partial charge in [0.2, 0.25) is 23.6 Å². The van der Waals surface area contributed by atoms with Gasteiger partial charge in [0.1, 0.15) is 18.1 Å². The Morgan fingerprint density at radius 3 is 1.77 bits per heavy atom. The Morgan fingerprint density at radius 1 is 0.673 bits per heavy atom. The van der Waals surface area contributed by atoms with Crippen molar-refractivity contribution in [2.24, 2.45) is 17.3 Å². The van der Waals surface area contributed by atoms with Crippen molar-refractivity contribution in [2.75, 3.05) is 6.54 Å². The largest absolute Gasteiger partial charge is 0.344 e. The summed E-state index contributed by atoms with van der Waals surface area (Å²) in [5.74, 6) is -1.31. The summed E-state index contributed by atoms with van der Waals surface area (Å²) in [6.45, 7) is 10.7. The van der Waals surface area contributed by atoms with Gasteiger partial charge in [-0.15, -0.1) is 0 Å². The minimum atomic E-state index is -0.978. The first-order valence-corrected chi connectivity index (χ1v) is 19.4. The molecule has 10 nitrogen and oxygen atoms in total. The molecule has 4 amide bonds. The van der Waals surface area contributed by atoms with E-state index in [4.69, 9.17) is 0 Å². The van der Waals surface area contributed by atoms with Crippen LogP contribution < -0.4 is 26.6 Å². The third kappa shape index (κ3) is 13.8. The Bertz CT molecular complexity index is 1470. The van der Waals surface area contributed by atoms with E-state index < -0.39 is 47.3 Å². The molecule has 52 heavy (non-hydrogen) atoms. The number of hydrogen-bond acceptors (Lipinski definition) is 6. The standard InChI is InChI=1S/C42H61N5O5/c1-28(2)25-34(38(49)42(5)22-23-42)45-41(52)36(27-31-15-10-7-11-16-31)47-40(51)35(26-29(3)4)46-39(50)33(21-18-30-13-8-6-9-14-30)44-37(48)17-12-24-43-32-19-20-32/h6-11,13-16,28-29,32-36,43H,12,17-27H2,1-5H3,(H,44,48)(H,45,52)(H,46,50)(H,47,51)/t33-,34-,35-,36-/m0/s1. The van der Waals surface area contributed by atoms with Gasteiger partial charge >= 0.3 is 0 Å². The second kappa shape index (κ2) is 19.7. The molecule has 4 rings (SSSR count). The molecule has 0 heterocycles. The molecular formula is C42H61N5O5. The smallest absolute Gasteiger partial charge is 0.243 e. The van der Waals surface area contributed by atoms with Crippen LogP contribution >= 0.6 is 0 Å². The molecular weight excluding hydrogens is 654 g/mol. The van der Waals surface area contributed by atoms with Crippen molar-refractivity contribution in [1.82, 2.24) is 26.6 Å². The summed E-state index contributed by atoms with van der Waals surface area (Å²) in [5.41, 5.74) is 1.47. The normalized spacial score (nSPS) is 17.1. The minimum absolute atomic E-state index is 0.0343. The lowest BCUT2D eigenvalue weighted by Crippen LogP contribution is -2.58. The first-order valence-electron chi connectivity index (χ1n) is 19.4. The van der Waals surface area contributed by atoms with E-state index in [1.807, 2.05) is 95.3 Å². The molecule has 5 N–H and O–H groups in total. The number of carbonyl (C=O) groups excluding carboxylic acids is 5. The van der Waals surface area contributed by atoms with Gasteiger partial charge in [-0.3, -0.25) is 24.0 Å². The van der Waals surface area contributed by atoms with E-state index in [9.17, 15) is 24.0 Å². The summed E-state index contributed by atoms with van der Waals surface area (Å²) in [4.78, 5) is 68.5. The number of rotatable bonds is 23. The van der Waals surface area contributed by atoms with Crippen LogP contribution in [0.3, 0.4) is 0 Å². The van der Waals surface area contributed by atoms with E-state index in [1.165, 1.54) is 12.8 Å². The van der Waals surface area contributed by atoms with Crippen LogP contribution in [0.15, 0.2) is 60.7 Å². The maximum atomic E-state index is 14.1. The number of nitrogens with one attached hydrogen (secondary N) is 5. The van der Waals surface area contributed by atoms with Gasteiger partial charge in [0.15, 0.2) is 5.78 Å². The van der Waals surface area contributed by atoms with Gasteiger partial charge in [-0.2, -0.15) is 0 Å². The van der Waals surface area contributed by atoms with Gasteiger partial charge in [-0.25, -0.2) is 0 Å². The van der Waals surface area contributed by atoms with Crippen molar-refractivity contribution in [3.05, 3.63) is 71.8 Å². The average molecular weight is 716 g/mol. The second-order valence-electron chi connectivity index (χ2n) is 16.0.